The highest BCUT2D eigenvalue weighted by molar-refractivity contribution is 6.37. The van der Waals surface area contributed by atoms with Crippen LogP contribution in [-0.4, -0.2) is 22.7 Å². The number of carbonyl (C=O) groups excluding carboxylic acids is 1. The number of carbonyl (C=O) groups is 1. The van der Waals surface area contributed by atoms with E-state index in [9.17, 15) is 18.0 Å². The smallest absolute Gasteiger partial charge is 0.435 e. The molecular weight excluding hydrogens is 502 g/mol. The van der Waals surface area contributed by atoms with Crippen LogP contribution in [0.1, 0.15) is 21.7 Å². The first-order valence-corrected chi connectivity index (χ1v) is 11.1. The molecule has 0 aliphatic heterocycles. The molecule has 3 aromatic carbocycles. The minimum absolute atomic E-state index is 0.126. The predicted molar refractivity (Wildman–Crippen MR) is 128 cm³/mol. The van der Waals surface area contributed by atoms with Gasteiger partial charge < -0.3 is 10.1 Å². The molecule has 5 nitrogen and oxygen atoms in total. The lowest BCUT2D eigenvalue weighted by Gasteiger charge is -2.12. The molecular formula is C25H18Cl2F3N3O2. The molecule has 0 unspecified atom stereocenters. The van der Waals surface area contributed by atoms with Gasteiger partial charge in [0, 0.05) is 12.6 Å². The number of hydrogen-bond acceptors (Lipinski definition) is 3. The van der Waals surface area contributed by atoms with Gasteiger partial charge in [-0.25, -0.2) is 4.68 Å². The molecule has 0 bridgehead atoms. The molecule has 180 valence electrons. The van der Waals surface area contributed by atoms with Crippen LogP contribution in [0.4, 0.5) is 13.2 Å². The number of amides is 1. The largest absolute Gasteiger partial charge is 0.487 e. The number of nitrogens with zero attached hydrogens (tertiary/aromatic N) is 2. The SMILES string of the molecule is CNC(=O)c1ccc(-c2ccc(OCc3cc(C(F)(F)F)nn3-c3c(Cl)cccc3Cl)cc2)cc1. The molecule has 4 rings (SSSR count). The van der Waals surface area contributed by atoms with E-state index in [4.69, 9.17) is 27.9 Å². The first-order chi connectivity index (χ1) is 16.7. The fraction of sp³-hybridized carbons (Fsp3) is 0.120. The molecule has 1 amide bonds. The Hall–Kier alpha value is -3.49. The van der Waals surface area contributed by atoms with E-state index >= 15 is 0 Å². The number of rotatable bonds is 6. The number of halogens is 5. The highest BCUT2D eigenvalue weighted by Gasteiger charge is 2.35. The van der Waals surface area contributed by atoms with Crippen LogP contribution in [0.25, 0.3) is 16.8 Å². The molecule has 0 spiro atoms. The highest BCUT2D eigenvalue weighted by Crippen LogP contribution is 2.34. The van der Waals surface area contributed by atoms with Crippen molar-refractivity contribution in [2.75, 3.05) is 7.05 Å². The molecule has 0 aliphatic rings. The van der Waals surface area contributed by atoms with Gasteiger partial charge >= 0.3 is 6.18 Å². The summed E-state index contributed by atoms with van der Waals surface area (Å²) in [6.45, 7) is -0.204. The Balaban J connectivity index is 1.56. The summed E-state index contributed by atoms with van der Waals surface area (Å²) in [4.78, 5) is 11.7. The molecule has 0 aliphatic carbocycles. The Kier molecular flexibility index (Phi) is 7.05. The third kappa shape index (κ3) is 5.44. The summed E-state index contributed by atoms with van der Waals surface area (Å²) in [6.07, 6.45) is -4.65. The summed E-state index contributed by atoms with van der Waals surface area (Å²) in [5.41, 5.74) is 1.51. The fourth-order valence-corrected chi connectivity index (χ4v) is 3.96. The number of benzene rings is 3. The number of alkyl halides is 3. The molecule has 4 aromatic rings. The third-order valence-electron chi connectivity index (χ3n) is 5.17. The zero-order valence-corrected chi connectivity index (χ0v) is 19.7. The maximum atomic E-state index is 13.4. The summed E-state index contributed by atoms with van der Waals surface area (Å²) in [7, 11) is 1.56. The van der Waals surface area contributed by atoms with Gasteiger partial charge in [-0.1, -0.05) is 53.5 Å². The quantitative estimate of drug-likeness (QED) is 0.304. The van der Waals surface area contributed by atoms with Crippen molar-refractivity contribution in [2.45, 2.75) is 12.8 Å². The van der Waals surface area contributed by atoms with Crippen molar-refractivity contribution in [1.29, 1.82) is 0 Å². The average molecular weight is 520 g/mol. The van der Waals surface area contributed by atoms with Crippen LogP contribution >= 0.6 is 23.2 Å². The highest BCUT2D eigenvalue weighted by atomic mass is 35.5. The first kappa shape index (κ1) is 24.6. The van der Waals surface area contributed by atoms with Gasteiger partial charge in [-0.3, -0.25) is 4.79 Å². The van der Waals surface area contributed by atoms with Crippen molar-refractivity contribution in [1.82, 2.24) is 15.1 Å². The minimum atomic E-state index is -4.65. The fourth-order valence-electron chi connectivity index (χ4n) is 3.41. The average Bonchev–Trinajstić information content (AvgIpc) is 3.27. The summed E-state index contributed by atoms with van der Waals surface area (Å²) in [5, 5.41) is 6.56. The zero-order valence-electron chi connectivity index (χ0n) is 18.2. The second-order valence-electron chi connectivity index (χ2n) is 7.47. The summed E-state index contributed by atoms with van der Waals surface area (Å²) in [5.74, 6) is 0.272. The van der Waals surface area contributed by atoms with Crippen LogP contribution in [0.3, 0.4) is 0 Å². The van der Waals surface area contributed by atoms with Crippen LogP contribution in [0, 0.1) is 0 Å². The standard InChI is InChI=1S/C25H18Cl2F3N3O2/c1-31-24(34)17-7-5-15(6-8-17)16-9-11-19(12-10-16)35-14-18-13-22(25(28,29)30)32-33(18)23-20(26)3-2-4-21(23)27/h2-13H,14H2,1H3,(H,31,34). The van der Waals surface area contributed by atoms with E-state index in [-0.39, 0.29) is 33.9 Å². The summed E-state index contributed by atoms with van der Waals surface area (Å²) >= 11 is 12.4. The van der Waals surface area contributed by atoms with E-state index < -0.39 is 11.9 Å². The van der Waals surface area contributed by atoms with Crippen LogP contribution in [-0.2, 0) is 12.8 Å². The molecule has 0 saturated heterocycles. The van der Waals surface area contributed by atoms with Gasteiger partial charge in [-0.15, -0.1) is 0 Å². The number of para-hydroxylation sites is 1. The number of ether oxygens (including phenoxy) is 1. The van der Waals surface area contributed by atoms with Crippen molar-refractivity contribution in [3.05, 3.63) is 99.8 Å². The maximum Gasteiger partial charge on any atom is 0.435 e. The number of hydrogen-bond donors (Lipinski definition) is 1. The van der Waals surface area contributed by atoms with E-state index in [1.165, 1.54) is 12.1 Å². The first-order valence-electron chi connectivity index (χ1n) is 10.3. The summed E-state index contributed by atoms with van der Waals surface area (Å²) in [6, 6.07) is 19.7. The maximum absolute atomic E-state index is 13.4. The second kappa shape index (κ2) is 10.0. The Morgan fingerprint density at radius 1 is 0.971 bits per heavy atom. The Morgan fingerprint density at radius 2 is 1.54 bits per heavy atom. The van der Waals surface area contributed by atoms with Gasteiger partial charge in [0.1, 0.15) is 18.0 Å². The molecule has 10 heteroatoms. The van der Waals surface area contributed by atoms with Gasteiger partial charge in [0.15, 0.2) is 5.69 Å². The summed E-state index contributed by atoms with van der Waals surface area (Å²) < 4.78 is 46.9. The lowest BCUT2D eigenvalue weighted by molar-refractivity contribution is -0.141. The third-order valence-corrected chi connectivity index (χ3v) is 5.78. The monoisotopic (exact) mass is 519 g/mol. The second-order valence-corrected chi connectivity index (χ2v) is 8.28. The number of aromatic nitrogens is 2. The molecule has 1 N–H and O–H groups in total. The topological polar surface area (TPSA) is 56.1 Å². The van der Waals surface area contributed by atoms with Gasteiger partial charge in [0.25, 0.3) is 5.91 Å². The Bertz CT molecular complexity index is 1330. The van der Waals surface area contributed by atoms with E-state index in [0.29, 0.717) is 11.3 Å². The van der Waals surface area contributed by atoms with E-state index in [1.807, 2.05) is 24.3 Å². The molecule has 0 atom stereocenters. The van der Waals surface area contributed by atoms with Crippen molar-refractivity contribution >= 4 is 29.1 Å². The van der Waals surface area contributed by atoms with Crippen molar-refractivity contribution in [3.63, 3.8) is 0 Å². The van der Waals surface area contributed by atoms with Crippen LogP contribution in [0.5, 0.6) is 5.75 Å². The van der Waals surface area contributed by atoms with Crippen molar-refractivity contribution in [3.8, 4) is 22.6 Å². The van der Waals surface area contributed by atoms with E-state index in [1.54, 1.807) is 37.4 Å². The Morgan fingerprint density at radius 3 is 2.09 bits per heavy atom. The molecule has 1 heterocycles. The van der Waals surface area contributed by atoms with Gasteiger partial charge in [0.2, 0.25) is 0 Å². The molecule has 35 heavy (non-hydrogen) atoms. The molecule has 0 radical (unpaired) electrons. The Labute approximate surface area is 209 Å². The van der Waals surface area contributed by atoms with Crippen LogP contribution < -0.4 is 10.1 Å². The molecule has 1 aromatic heterocycles. The van der Waals surface area contributed by atoms with Gasteiger partial charge in [-0.05, 0) is 53.6 Å². The zero-order chi connectivity index (χ0) is 25.2. The number of nitrogens with one attached hydrogen (secondary N) is 1. The lowest BCUT2D eigenvalue weighted by Crippen LogP contribution is -2.17. The van der Waals surface area contributed by atoms with Crippen molar-refractivity contribution < 1.29 is 22.7 Å². The van der Waals surface area contributed by atoms with Crippen LogP contribution in [0.2, 0.25) is 10.0 Å². The van der Waals surface area contributed by atoms with Gasteiger partial charge in [0.05, 0.1) is 15.7 Å². The van der Waals surface area contributed by atoms with Crippen molar-refractivity contribution in [2.24, 2.45) is 0 Å². The normalized spacial score (nSPS) is 11.4. The molecule has 0 fully saturated rings. The minimum Gasteiger partial charge on any atom is -0.487 e. The van der Waals surface area contributed by atoms with E-state index in [2.05, 4.69) is 10.4 Å². The molecule has 0 saturated carbocycles. The van der Waals surface area contributed by atoms with E-state index in [0.717, 1.165) is 21.9 Å². The van der Waals surface area contributed by atoms with Gasteiger partial charge in [-0.2, -0.15) is 18.3 Å². The predicted octanol–water partition coefficient (Wildman–Crippen LogP) is 6.80. The lowest BCUT2D eigenvalue weighted by atomic mass is 10.0. The van der Waals surface area contributed by atoms with Crippen LogP contribution in [0.15, 0.2) is 72.8 Å².